The molecule has 1 aromatic carbocycles. The Labute approximate surface area is 114 Å². The van der Waals surface area contributed by atoms with Crippen LogP contribution in [0.3, 0.4) is 0 Å². The Balaban J connectivity index is 2.10. The van der Waals surface area contributed by atoms with Gasteiger partial charge in [-0.3, -0.25) is 9.78 Å². The molecule has 0 atom stereocenters. The standard InChI is InChI=1S/C17H19NO/c1-12-10-14(3)16(11-13(12)2)17(19)5-4-15-6-8-18-9-7-15/h6-11H,4-5H2,1-3H3. The van der Waals surface area contributed by atoms with Crippen LogP contribution < -0.4 is 0 Å². The fourth-order valence-corrected chi connectivity index (χ4v) is 2.20. The number of carbonyl (C=O) groups excluding carboxylic acids is 1. The average molecular weight is 253 g/mol. The molecule has 0 aliphatic rings. The lowest BCUT2D eigenvalue weighted by atomic mass is 9.95. The number of nitrogens with zero attached hydrogens (tertiary/aromatic N) is 1. The number of hydrogen-bond donors (Lipinski definition) is 0. The van der Waals surface area contributed by atoms with Gasteiger partial charge in [0, 0.05) is 24.4 Å². The highest BCUT2D eigenvalue weighted by atomic mass is 16.1. The van der Waals surface area contributed by atoms with Crippen molar-refractivity contribution in [2.24, 2.45) is 0 Å². The van der Waals surface area contributed by atoms with Gasteiger partial charge in [0.25, 0.3) is 0 Å². The Morgan fingerprint density at radius 3 is 2.32 bits per heavy atom. The fourth-order valence-electron chi connectivity index (χ4n) is 2.20. The van der Waals surface area contributed by atoms with E-state index in [1.807, 2.05) is 25.1 Å². The van der Waals surface area contributed by atoms with Gasteiger partial charge in [0.05, 0.1) is 0 Å². The van der Waals surface area contributed by atoms with Gasteiger partial charge < -0.3 is 0 Å². The molecule has 0 bridgehead atoms. The zero-order chi connectivity index (χ0) is 13.8. The molecule has 2 aromatic rings. The van der Waals surface area contributed by atoms with Crippen LogP contribution in [-0.4, -0.2) is 10.8 Å². The van der Waals surface area contributed by atoms with Gasteiger partial charge in [-0.2, -0.15) is 0 Å². The van der Waals surface area contributed by atoms with Gasteiger partial charge in [0.2, 0.25) is 0 Å². The molecule has 2 rings (SSSR count). The first-order valence-electron chi connectivity index (χ1n) is 6.58. The predicted molar refractivity (Wildman–Crippen MR) is 77.5 cm³/mol. The Morgan fingerprint density at radius 2 is 1.63 bits per heavy atom. The molecular formula is C17H19NO. The molecular weight excluding hydrogens is 234 g/mol. The first kappa shape index (κ1) is 13.5. The molecule has 0 amide bonds. The maximum absolute atomic E-state index is 12.3. The number of rotatable bonds is 4. The van der Waals surface area contributed by atoms with Crippen LogP contribution in [0.2, 0.25) is 0 Å². The third-order valence-corrected chi connectivity index (χ3v) is 3.53. The number of hydrogen-bond acceptors (Lipinski definition) is 2. The van der Waals surface area contributed by atoms with E-state index < -0.39 is 0 Å². The molecule has 0 aliphatic carbocycles. The summed E-state index contributed by atoms with van der Waals surface area (Å²) >= 11 is 0. The van der Waals surface area contributed by atoms with Crippen LogP contribution >= 0.6 is 0 Å². The molecule has 98 valence electrons. The number of aryl methyl sites for hydroxylation is 4. The quantitative estimate of drug-likeness (QED) is 0.775. The number of Topliss-reactive ketones (excluding diaryl/α,β-unsaturated/α-hetero) is 1. The largest absolute Gasteiger partial charge is 0.294 e. The van der Waals surface area contributed by atoms with Crippen molar-refractivity contribution in [3.05, 3.63) is 64.5 Å². The van der Waals surface area contributed by atoms with Crippen LogP contribution in [0.4, 0.5) is 0 Å². The number of pyridine rings is 1. The minimum atomic E-state index is 0.220. The van der Waals surface area contributed by atoms with E-state index in [0.717, 1.165) is 23.1 Å². The minimum absolute atomic E-state index is 0.220. The summed E-state index contributed by atoms with van der Waals surface area (Å²) in [6.45, 7) is 6.13. The monoisotopic (exact) mass is 253 g/mol. The molecule has 0 fully saturated rings. The lowest BCUT2D eigenvalue weighted by molar-refractivity contribution is 0.0982. The molecule has 2 nitrogen and oxygen atoms in total. The zero-order valence-corrected chi connectivity index (χ0v) is 11.7. The Hall–Kier alpha value is -1.96. The molecule has 0 spiro atoms. The summed E-state index contributed by atoms with van der Waals surface area (Å²) in [6, 6.07) is 8.02. The first-order chi connectivity index (χ1) is 9.08. The highest BCUT2D eigenvalue weighted by Gasteiger charge is 2.10. The summed E-state index contributed by atoms with van der Waals surface area (Å²) in [4.78, 5) is 16.3. The van der Waals surface area contributed by atoms with Gasteiger partial charge in [-0.05, 0) is 67.6 Å². The van der Waals surface area contributed by atoms with E-state index in [1.165, 1.54) is 11.1 Å². The van der Waals surface area contributed by atoms with Crippen LogP contribution in [0.25, 0.3) is 0 Å². The first-order valence-corrected chi connectivity index (χ1v) is 6.58. The lowest BCUT2D eigenvalue weighted by Crippen LogP contribution is -2.05. The van der Waals surface area contributed by atoms with Crippen LogP contribution in [0, 0.1) is 20.8 Å². The summed E-state index contributed by atoms with van der Waals surface area (Å²) in [5.41, 5.74) is 5.51. The van der Waals surface area contributed by atoms with E-state index in [0.29, 0.717) is 6.42 Å². The third-order valence-electron chi connectivity index (χ3n) is 3.53. The van der Waals surface area contributed by atoms with Crippen molar-refractivity contribution in [3.63, 3.8) is 0 Å². The highest BCUT2D eigenvalue weighted by molar-refractivity contribution is 5.97. The molecule has 1 aromatic heterocycles. The van der Waals surface area contributed by atoms with Crippen molar-refractivity contribution >= 4 is 5.78 Å². The molecule has 0 saturated carbocycles. The van der Waals surface area contributed by atoms with Gasteiger partial charge in [-0.25, -0.2) is 0 Å². The van der Waals surface area contributed by atoms with Crippen molar-refractivity contribution in [2.75, 3.05) is 0 Å². The Kier molecular flexibility index (Phi) is 4.10. The molecule has 0 radical (unpaired) electrons. The SMILES string of the molecule is Cc1cc(C)c(C(=O)CCc2ccncc2)cc1C. The van der Waals surface area contributed by atoms with E-state index in [9.17, 15) is 4.79 Å². The number of benzene rings is 1. The Morgan fingerprint density at radius 1 is 1.00 bits per heavy atom. The number of aromatic nitrogens is 1. The fraction of sp³-hybridized carbons (Fsp3) is 0.294. The second-order valence-electron chi connectivity index (χ2n) is 5.03. The lowest BCUT2D eigenvalue weighted by Gasteiger charge is -2.09. The maximum atomic E-state index is 12.3. The predicted octanol–water partition coefficient (Wildman–Crippen LogP) is 3.82. The van der Waals surface area contributed by atoms with E-state index in [2.05, 4.69) is 24.9 Å². The summed E-state index contributed by atoms with van der Waals surface area (Å²) < 4.78 is 0. The molecule has 0 aliphatic heterocycles. The Bertz CT molecular complexity index is 588. The van der Waals surface area contributed by atoms with Crippen molar-refractivity contribution in [2.45, 2.75) is 33.6 Å². The third kappa shape index (κ3) is 3.28. The normalized spacial score (nSPS) is 10.5. The number of ketones is 1. The molecule has 19 heavy (non-hydrogen) atoms. The summed E-state index contributed by atoms with van der Waals surface area (Å²) in [5, 5.41) is 0. The smallest absolute Gasteiger partial charge is 0.163 e. The van der Waals surface area contributed by atoms with E-state index in [-0.39, 0.29) is 5.78 Å². The van der Waals surface area contributed by atoms with Gasteiger partial charge >= 0.3 is 0 Å². The minimum Gasteiger partial charge on any atom is -0.294 e. The summed E-state index contributed by atoms with van der Waals surface area (Å²) in [6.07, 6.45) is 4.85. The van der Waals surface area contributed by atoms with Gasteiger partial charge in [-0.1, -0.05) is 6.07 Å². The van der Waals surface area contributed by atoms with Gasteiger partial charge in [0.1, 0.15) is 0 Å². The van der Waals surface area contributed by atoms with Crippen molar-refractivity contribution in [1.29, 1.82) is 0 Å². The van der Waals surface area contributed by atoms with Crippen LogP contribution in [0.1, 0.15) is 39.0 Å². The number of carbonyl (C=O) groups is 1. The maximum Gasteiger partial charge on any atom is 0.163 e. The van der Waals surface area contributed by atoms with Crippen LogP contribution in [0.15, 0.2) is 36.7 Å². The van der Waals surface area contributed by atoms with Crippen molar-refractivity contribution < 1.29 is 4.79 Å². The molecule has 0 unspecified atom stereocenters. The molecule has 1 heterocycles. The topological polar surface area (TPSA) is 30.0 Å². The van der Waals surface area contributed by atoms with Gasteiger partial charge in [0.15, 0.2) is 5.78 Å². The van der Waals surface area contributed by atoms with E-state index in [4.69, 9.17) is 0 Å². The highest BCUT2D eigenvalue weighted by Crippen LogP contribution is 2.17. The van der Waals surface area contributed by atoms with Crippen LogP contribution in [0.5, 0.6) is 0 Å². The summed E-state index contributed by atoms with van der Waals surface area (Å²) in [7, 11) is 0. The van der Waals surface area contributed by atoms with E-state index >= 15 is 0 Å². The second kappa shape index (κ2) is 5.79. The average Bonchev–Trinajstić information content (AvgIpc) is 2.41. The molecule has 0 N–H and O–H groups in total. The van der Waals surface area contributed by atoms with Crippen molar-refractivity contribution in [3.8, 4) is 0 Å². The van der Waals surface area contributed by atoms with Gasteiger partial charge in [-0.15, -0.1) is 0 Å². The van der Waals surface area contributed by atoms with E-state index in [1.54, 1.807) is 12.4 Å². The summed E-state index contributed by atoms with van der Waals surface area (Å²) in [5.74, 6) is 0.220. The zero-order valence-electron chi connectivity index (χ0n) is 11.7. The van der Waals surface area contributed by atoms with Crippen LogP contribution in [-0.2, 0) is 6.42 Å². The second-order valence-corrected chi connectivity index (χ2v) is 5.03. The molecule has 2 heteroatoms. The van der Waals surface area contributed by atoms with Crippen molar-refractivity contribution in [1.82, 2.24) is 4.98 Å². The molecule has 0 saturated heterocycles.